The number of benzene rings is 1. The number of ether oxygens (including phenoxy) is 1. The van der Waals surface area contributed by atoms with Crippen LogP contribution < -0.4 is 0 Å². The Hall–Kier alpha value is -2.73. The highest BCUT2D eigenvalue weighted by Gasteiger charge is 2.40. The molecule has 0 radical (unpaired) electrons. The average molecular weight is 464 g/mol. The molecule has 1 aliphatic heterocycles. The van der Waals surface area contributed by atoms with Crippen molar-refractivity contribution in [2.24, 2.45) is 15.9 Å². The van der Waals surface area contributed by atoms with Crippen molar-refractivity contribution in [3.05, 3.63) is 77.1 Å². The van der Waals surface area contributed by atoms with E-state index in [1.807, 2.05) is 12.3 Å². The van der Waals surface area contributed by atoms with E-state index >= 15 is 0 Å². The number of nitrogens with zero attached hydrogens (tertiary/aromatic N) is 3. The Morgan fingerprint density at radius 2 is 1.85 bits per heavy atom. The summed E-state index contributed by atoms with van der Waals surface area (Å²) in [4.78, 5) is 14.8. The van der Waals surface area contributed by atoms with Crippen LogP contribution in [0, 0.1) is 17.6 Å². The molecule has 2 heterocycles. The number of fused-ring (bicyclic) bond motifs is 1. The fourth-order valence-corrected chi connectivity index (χ4v) is 5.59. The van der Waals surface area contributed by atoms with E-state index in [4.69, 9.17) is 14.7 Å². The maximum Gasteiger partial charge on any atom is 0.159 e. The summed E-state index contributed by atoms with van der Waals surface area (Å²) >= 11 is 0. The number of allylic oxidation sites excluding steroid dienone is 1. The molecule has 0 saturated heterocycles. The molecule has 1 aromatic heterocycles. The largest absolute Gasteiger partial charge is 0.375 e. The number of aliphatic imine (C=N–C) groups is 2. The van der Waals surface area contributed by atoms with Gasteiger partial charge in [-0.3, -0.25) is 15.0 Å². The molecule has 0 N–H and O–H groups in total. The van der Waals surface area contributed by atoms with Gasteiger partial charge in [-0.1, -0.05) is 44.4 Å². The van der Waals surface area contributed by atoms with Crippen molar-refractivity contribution >= 4 is 11.4 Å². The van der Waals surface area contributed by atoms with Crippen LogP contribution in [-0.2, 0) is 4.74 Å². The summed E-state index contributed by atoms with van der Waals surface area (Å²) in [6.07, 6.45) is 12.1. The normalized spacial score (nSPS) is 28.9. The first-order valence-electron chi connectivity index (χ1n) is 12.3. The molecule has 4 atom stereocenters. The van der Waals surface area contributed by atoms with Crippen molar-refractivity contribution in [2.75, 3.05) is 7.11 Å². The Morgan fingerprint density at radius 3 is 2.56 bits per heavy atom. The van der Waals surface area contributed by atoms with E-state index in [-0.39, 0.29) is 24.0 Å². The number of pyridine rings is 1. The number of aromatic nitrogens is 1. The maximum absolute atomic E-state index is 14.1. The van der Waals surface area contributed by atoms with Gasteiger partial charge in [0.05, 0.1) is 17.8 Å². The summed E-state index contributed by atoms with van der Waals surface area (Å²) in [6, 6.07) is 8.41. The number of hydrogen-bond acceptors (Lipinski definition) is 4. The molecule has 5 rings (SSSR count). The van der Waals surface area contributed by atoms with E-state index in [0.717, 1.165) is 41.0 Å². The van der Waals surface area contributed by atoms with Crippen LogP contribution in [0.1, 0.15) is 68.5 Å². The summed E-state index contributed by atoms with van der Waals surface area (Å²) in [5.41, 5.74) is 4.77. The molecular formula is C28H31F2N3O. The molecule has 4 nitrogen and oxygen atoms in total. The zero-order chi connectivity index (χ0) is 23.7. The fraction of sp³-hybridized carbons (Fsp3) is 0.464. The average Bonchev–Trinajstić information content (AvgIpc) is 2.87. The molecule has 4 unspecified atom stereocenters. The lowest BCUT2D eigenvalue weighted by Crippen LogP contribution is -2.41. The van der Waals surface area contributed by atoms with Gasteiger partial charge in [0.25, 0.3) is 0 Å². The third kappa shape index (κ3) is 4.48. The topological polar surface area (TPSA) is 46.8 Å². The van der Waals surface area contributed by atoms with Crippen LogP contribution in [0.3, 0.4) is 0 Å². The second-order valence-electron chi connectivity index (χ2n) is 9.66. The van der Waals surface area contributed by atoms with E-state index in [2.05, 4.69) is 24.1 Å². The van der Waals surface area contributed by atoms with Crippen molar-refractivity contribution in [2.45, 2.75) is 69.6 Å². The Morgan fingerprint density at radius 1 is 1.03 bits per heavy atom. The zero-order valence-electron chi connectivity index (χ0n) is 19.8. The van der Waals surface area contributed by atoms with Crippen molar-refractivity contribution in [3.63, 3.8) is 0 Å². The Bertz CT molecular complexity index is 1120. The molecule has 2 aromatic rings. The fourth-order valence-electron chi connectivity index (χ4n) is 5.59. The minimum absolute atomic E-state index is 0.0716. The second kappa shape index (κ2) is 9.87. The van der Waals surface area contributed by atoms with Crippen molar-refractivity contribution in [1.29, 1.82) is 0 Å². The van der Waals surface area contributed by atoms with E-state index < -0.39 is 11.6 Å². The van der Waals surface area contributed by atoms with E-state index in [1.54, 1.807) is 19.4 Å². The molecular weight excluding hydrogens is 432 g/mol. The Kier molecular flexibility index (Phi) is 6.68. The molecule has 2 aliphatic carbocycles. The van der Waals surface area contributed by atoms with Crippen molar-refractivity contribution in [3.8, 4) is 0 Å². The summed E-state index contributed by atoms with van der Waals surface area (Å²) in [6.45, 7) is 2.18. The molecule has 178 valence electrons. The summed E-state index contributed by atoms with van der Waals surface area (Å²) in [5.74, 6) is -1.69. The quantitative estimate of drug-likeness (QED) is 0.527. The summed E-state index contributed by atoms with van der Waals surface area (Å²) in [7, 11) is 1.69. The van der Waals surface area contributed by atoms with Crippen LogP contribution in [0.2, 0.25) is 0 Å². The highest BCUT2D eigenvalue weighted by molar-refractivity contribution is 6.28. The highest BCUT2D eigenvalue weighted by atomic mass is 19.2. The van der Waals surface area contributed by atoms with Crippen LogP contribution in [-0.4, -0.2) is 35.7 Å². The SMILES string of the molecule is COC1CC(c2ccc(F)c(F)c2)C=C2C1=NC(c1cccnc1)C(C)C2=NC1CCCCC1. The Labute approximate surface area is 199 Å². The third-order valence-electron chi connectivity index (χ3n) is 7.45. The van der Waals surface area contributed by atoms with Crippen LogP contribution in [0.5, 0.6) is 0 Å². The molecule has 1 aromatic carbocycles. The van der Waals surface area contributed by atoms with Gasteiger partial charge in [-0.15, -0.1) is 0 Å². The first-order chi connectivity index (χ1) is 16.5. The lowest BCUT2D eigenvalue weighted by atomic mass is 9.74. The van der Waals surface area contributed by atoms with Gasteiger partial charge in [0, 0.05) is 42.6 Å². The summed E-state index contributed by atoms with van der Waals surface area (Å²) < 4.78 is 33.6. The van der Waals surface area contributed by atoms with Gasteiger partial charge >= 0.3 is 0 Å². The molecule has 1 fully saturated rings. The first kappa shape index (κ1) is 23.0. The van der Waals surface area contributed by atoms with E-state index in [1.165, 1.54) is 31.4 Å². The van der Waals surface area contributed by atoms with Gasteiger partial charge in [-0.25, -0.2) is 8.78 Å². The molecule has 3 aliphatic rings. The minimum Gasteiger partial charge on any atom is -0.375 e. The molecule has 6 heteroatoms. The minimum atomic E-state index is -0.831. The number of hydrogen-bond donors (Lipinski definition) is 0. The first-order valence-corrected chi connectivity index (χ1v) is 12.3. The third-order valence-corrected chi connectivity index (χ3v) is 7.45. The van der Waals surface area contributed by atoms with Gasteiger partial charge in [0.15, 0.2) is 11.6 Å². The molecule has 34 heavy (non-hydrogen) atoms. The molecule has 1 saturated carbocycles. The van der Waals surface area contributed by atoms with Gasteiger partial charge in [-0.2, -0.15) is 0 Å². The van der Waals surface area contributed by atoms with E-state index in [9.17, 15) is 8.78 Å². The monoisotopic (exact) mass is 463 g/mol. The smallest absolute Gasteiger partial charge is 0.159 e. The summed E-state index contributed by atoms with van der Waals surface area (Å²) in [5, 5.41) is 0. The molecule has 0 bridgehead atoms. The van der Waals surface area contributed by atoms with Crippen LogP contribution >= 0.6 is 0 Å². The van der Waals surface area contributed by atoms with Crippen LogP contribution in [0.25, 0.3) is 0 Å². The van der Waals surface area contributed by atoms with Gasteiger partial charge in [-0.05, 0) is 48.6 Å². The van der Waals surface area contributed by atoms with Gasteiger partial charge in [0.1, 0.15) is 6.10 Å². The van der Waals surface area contributed by atoms with Gasteiger partial charge in [0.2, 0.25) is 0 Å². The maximum atomic E-state index is 14.1. The zero-order valence-corrected chi connectivity index (χ0v) is 19.8. The van der Waals surface area contributed by atoms with Crippen molar-refractivity contribution in [1.82, 2.24) is 4.98 Å². The lowest BCUT2D eigenvalue weighted by molar-refractivity contribution is 0.142. The van der Waals surface area contributed by atoms with Crippen LogP contribution in [0.4, 0.5) is 8.78 Å². The van der Waals surface area contributed by atoms with E-state index in [0.29, 0.717) is 12.5 Å². The predicted octanol–water partition coefficient (Wildman–Crippen LogP) is 6.39. The second-order valence-corrected chi connectivity index (χ2v) is 9.66. The number of halogens is 2. The number of rotatable bonds is 4. The standard InChI is InChI=1S/C28H31F2N3O/c1-17-26(19-7-6-12-31-16-19)33-28-22(27(17)32-21-8-4-3-5-9-21)13-20(15-25(28)34-2)18-10-11-23(29)24(30)14-18/h6-7,10-14,16-17,20-21,25-26H,3-5,8-9,15H2,1-2H3. The van der Waals surface area contributed by atoms with Crippen molar-refractivity contribution < 1.29 is 13.5 Å². The van der Waals surface area contributed by atoms with Gasteiger partial charge < -0.3 is 4.74 Å². The molecule has 0 spiro atoms. The highest BCUT2D eigenvalue weighted by Crippen LogP contribution is 2.41. The molecule has 0 amide bonds. The Balaban J connectivity index is 1.62. The predicted molar refractivity (Wildman–Crippen MR) is 130 cm³/mol. The lowest BCUT2D eigenvalue weighted by Gasteiger charge is -2.38. The number of methoxy groups -OCH3 is 1. The van der Waals surface area contributed by atoms with Crippen LogP contribution in [0.15, 0.2) is 64.4 Å².